The monoisotopic (exact) mass is 368 g/mol. The Hall–Kier alpha value is -3.13. The first-order valence-corrected chi connectivity index (χ1v) is 9.43. The topological polar surface area (TPSA) is 95.2 Å². The predicted octanol–water partition coefficient (Wildman–Crippen LogP) is 2.40. The van der Waals surface area contributed by atoms with Crippen LogP contribution in [0.15, 0.2) is 59.9 Å². The van der Waals surface area contributed by atoms with Crippen molar-refractivity contribution < 1.29 is 13.2 Å². The number of benzene rings is 2. The molecular weight excluding hydrogens is 352 g/mol. The predicted molar refractivity (Wildman–Crippen MR) is 98.4 cm³/mol. The van der Waals surface area contributed by atoms with Crippen LogP contribution in [0.1, 0.15) is 5.56 Å². The second kappa shape index (κ2) is 5.99. The molecule has 8 heteroatoms. The first-order chi connectivity index (χ1) is 12.4. The Balaban J connectivity index is 1.64. The van der Waals surface area contributed by atoms with Crippen LogP contribution in [0.25, 0.3) is 11.3 Å². The quantitative estimate of drug-likeness (QED) is 0.739. The molecule has 0 unspecified atom stereocenters. The molecule has 2 heterocycles. The second-order valence-corrected chi connectivity index (χ2v) is 7.75. The minimum Gasteiger partial charge on any atom is -0.345 e. The van der Waals surface area contributed by atoms with Crippen LogP contribution in [0.2, 0.25) is 0 Å². The van der Waals surface area contributed by atoms with Crippen molar-refractivity contribution in [3.8, 4) is 11.3 Å². The van der Waals surface area contributed by atoms with Crippen LogP contribution < -0.4 is 9.62 Å². The first-order valence-electron chi connectivity index (χ1n) is 7.95. The van der Waals surface area contributed by atoms with E-state index in [1.165, 1.54) is 11.0 Å². The molecule has 1 aromatic heterocycles. The number of hydrogen-bond acceptors (Lipinski definition) is 4. The molecule has 0 radical (unpaired) electrons. The Morgan fingerprint density at radius 2 is 2.04 bits per heavy atom. The van der Waals surface area contributed by atoms with Crippen LogP contribution >= 0.6 is 0 Å². The Morgan fingerprint density at radius 3 is 2.81 bits per heavy atom. The number of H-pyrrole nitrogens is 1. The van der Waals surface area contributed by atoms with Gasteiger partial charge in [0.05, 0.1) is 29.5 Å². The number of anilines is 2. The van der Waals surface area contributed by atoms with Crippen LogP contribution in [0.3, 0.4) is 0 Å². The summed E-state index contributed by atoms with van der Waals surface area (Å²) in [6.45, 7) is 0. The third kappa shape index (κ3) is 2.84. The lowest BCUT2D eigenvalue weighted by molar-refractivity contribution is -0.117. The van der Waals surface area contributed by atoms with Crippen molar-refractivity contribution in [2.75, 3.05) is 16.7 Å². The van der Waals surface area contributed by atoms with Gasteiger partial charge < -0.3 is 9.88 Å². The molecule has 0 saturated heterocycles. The largest absolute Gasteiger partial charge is 0.345 e. The smallest absolute Gasteiger partial charge is 0.261 e. The van der Waals surface area contributed by atoms with Crippen LogP contribution in [0, 0.1) is 0 Å². The summed E-state index contributed by atoms with van der Waals surface area (Å²) in [7, 11) is -2.08. The van der Waals surface area contributed by atoms with E-state index in [0.717, 1.165) is 16.9 Å². The molecule has 7 nitrogen and oxygen atoms in total. The zero-order chi connectivity index (χ0) is 18.3. The highest BCUT2D eigenvalue weighted by molar-refractivity contribution is 7.92. The number of aromatic amines is 1. The van der Waals surface area contributed by atoms with Gasteiger partial charge in [0, 0.05) is 24.0 Å². The lowest BCUT2D eigenvalue weighted by atomic mass is 10.1. The van der Waals surface area contributed by atoms with Gasteiger partial charge in [0.1, 0.15) is 0 Å². The third-order valence-electron chi connectivity index (χ3n) is 4.36. The van der Waals surface area contributed by atoms with Crippen molar-refractivity contribution in [3.63, 3.8) is 0 Å². The average Bonchev–Trinajstić information content (AvgIpc) is 3.24. The maximum atomic E-state index is 12.7. The van der Waals surface area contributed by atoms with Crippen molar-refractivity contribution in [1.29, 1.82) is 0 Å². The number of carbonyl (C=O) groups excluding carboxylic acids is 1. The molecule has 1 amide bonds. The zero-order valence-corrected chi connectivity index (χ0v) is 14.7. The van der Waals surface area contributed by atoms with Gasteiger partial charge >= 0.3 is 0 Å². The third-order valence-corrected chi connectivity index (χ3v) is 5.74. The SMILES string of the molecule is CN1C(=O)Cc2cc(S(=O)(=O)Nc3cccc(-c4cnc[nH]4)c3)ccc21. The van der Waals surface area contributed by atoms with E-state index < -0.39 is 10.0 Å². The molecule has 132 valence electrons. The number of imidazole rings is 1. The van der Waals surface area contributed by atoms with Crippen molar-refractivity contribution in [3.05, 3.63) is 60.6 Å². The fourth-order valence-corrected chi connectivity index (χ4v) is 4.09. The van der Waals surface area contributed by atoms with Gasteiger partial charge in [-0.05, 0) is 35.9 Å². The Bertz CT molecular complexity index is 1090. The van der Waals surface area contributed by atoms with E-state index in [1.54, 1.807) is 49.9 Å². The molecule has 26 heavy (non-hydrogen) atoms. The highest BCUT2D eigenvalue weighted by Gasteiger charge is 2.26. The number of nitrogens with zero attached hydrogens (tertiary/aromatic N) is 2. The molecule has 0 fully saturated rings. The van der Waals surface area contributed by atoms with Crippen molar-refractivity contribution in [2.24, 2.45) is 0 Å². The zero-order valence-electron chi connectivity index (χ0n) is 13.9. The molecule has 3 aromatic rings. The van der Waals surface area contributed by atoms with Gasteiger partial charge in [-0.25, -0.2) is 13.4 Å². The fraction of sp³-hybridized carbons (Fsp3) is 0.111. The van der Waals surface area contributed by atoms with E-state index in [-0.39, 0.29) is 17.2 Å². The summed E-state index contributed by atoms with van der Waals surface area (Å²) in [6, 6.07) is 11.8. The maximum absolute atomic E-state index is 12.7. The number of carbonyl (C=O) groups is 1. The number of likely N-dealkylation sites (N-methyl/N-ethyl adjacent to an activating group) is 1. The molecule has 2 aromatic carbocycles. The van der Waals surface area contributed by atoms with E-state index >= 15 is 0 Å². The normalized spacial score (nSPS) is 13.7. The highest BCUT2D eigenvalue weighted by atomic mass is 32.2. The van der Waals surface area contributed by atoms with Crippen molar-refractivity contribution in [1.82, 2.24) is 9.97 Å². The van der Waals surface area contributed by atoms with Gasteiger partial charge in [-0.1, -0.05) is 12.1 Å². The standard InChI is InChI=1S/C18H16N4O3S/c1-22-17-6-5-15(8-13(17)9-18(22)23)26(24,25)21-14-4-2-3-12(7-14)16-10-19-11-20-16/h2-8,10-11,21H,9H2,1H3,(H,19,20). The summed E-state index contributed by atoms with van der Waals surface area (Å²) in [5.41, 5.74) is 3.53. The van der Waals surface area contributed by atoms with Crippen LogP contribution in [0.5, 0.6) is 0 Å². The number of nitrogens with one attached hydrogen (secondary N) is 2. The van der Waals surface area contributed by atoms with Gasteiger partial charge in [0.15, 0.2) is 0 Å². The number of sulfonamides is 1. The lowest BCUT2D eigenvalue weighted by Gasteiger charge is -2.12. The maximum Gasteiger partial charge on any atom is 0.261 e. The number of aromatic nitrogens is 2. The molecule has 1 aliphatic rings. The molecule has 4 rings (SSSR count). The van der Waals surface area contributed by atoms with Crippen LogP contribution in [0.4, 0.5) is 11.4 Å². The van der Waals surface area contributed by atoms with Gasteiger partial charge in [0.2, 0.25) is 5.91 Å². The molecular formula is C18H16N4O3S. The fourth-order valence-electron chi connectivity index (χ4n) is 2.99. The van der Waals surface area contributed by atoms with E-state index in [2.05, 4.69) is 14.7 Å². The summed E-state index contributed by atoms with van der Waals surface area (Å²) >= 11 is 0. The molecule has 2 N–H and O–H groups in total. The number of hydrogen-bond donors (Lipinski definition) is 2. The molecule has 0 bridgehead atoms. The average molecular weight is 368 g/mol. The van der Waals surface area contributed by atoms with E-state index in [1.807, 2.05) is 6.07 Å². The lowest BCUT2D eigenvalue weighted by Crippen LogP contribution is -2.20. The number of fused-ring (bicyclic) bond motifs is 1. The molecule has 0 saturated carbocycles. The summed E-state index contributed by atoms with van der Waals surface area (Å²) in [5.74, 6) is -0.0465. The van der Waals surface area contributed by atoms with Crippen molar-refractivity contribution in [2.45, 2.75) is 11.3 Å². The Labute approximate surface area is 150 Å². The van der Waals surface area contributed by atoms with Crippen LogP contribution in [-0.4, -0.2) is 31.3 Å². The van der Waals surface area contributed by atoms with Gasteiger partial charge in [-0.15, -0.1) is 0 Å². The Morgan fingerprint density at radius 1 is 1.19 bits per heavy atom. The highest BCUT2D eigenvalue weighted by Crippen LogP contribution is 2.30. The number of amides is 1. The Kier molecular flexibility index (Phi) is 3.77. The van der Waals surface area contributed by atoms with Gasteiger partial charge in [0.25, 0.3) is 10.0 Å². The second-order valence-electron chi connectivity index (χ2n) is 6.07. The first kappa shape index (κ1) is 16.3. The van der Waals surface area contributed by atoms with Gasteiger partial charge in [-0.2, -0.15) is 0 Å². The molecule has 0 spiro atoms. The summed E-state index contributed by atoms with van der Waals surface area (Å²) in [5, 5.41) is 0. The summed E-state index contributed by atoms with van der Waals surface area (Å²) in [4.78, 5) is 20.4. The minimum absolute atomic E-state index is 0.0465. The summed E-state index contributed by atoms with van der Waals surface area (Å²) < 4.78 is 28.1. The van der Waals surface area contributed by atoms with E-state index in [0.29, 0.717) is 11.3 Å². The summed E-state index contributed by atoms with van der Waals surface area (Å²) in [6.07, 6.45) is 3.45. The van der Waals surface area contributed by atoms with Gasteiger partial charge in [-0.3, -0.25) is 9.52 Å². The van der Waals surface area contributed by atoms with Crippen LogP contribution in [-0.2, 0) is 21.2 Å². The van der Waals surface area contributed by atoms with E-state index in [9.17, 15) is 13.2 Å². The molecule has 0 aliphatic carbocycles. The van der Waals surface area contributed by atoms with Crippen molar-refractivity contribution >= 4 is 27.3 Å². The molecule has 1 aliphatic heterocycles. The minimum atomic E-state index is -3.76. The molecule has 0 atom stereocenters. The number of rotatable bonds is 4. The van der Waals surface area contributed by atoms with E-state index in [4.69, 9.17) is 0 Å².